The quantitative estimate of drug-likeness (QED) is 0.0463. The maximum Gasteiger partial charge on any atom is 0.274 e. The Morgan fingerprint density at radius 1 is 0.870 bits per heavy atom. The second-order valence-electron chi connectivity index (χ2n) is 12.4. The van der Waals surface area contributed by atoms with Crippen LogP contribution in [0.4, 0.5) is 11.5 Å². The van der Waals surface area contributed by atoms with Gasteiger partial charge in [-0.3, -0.25) is 14.7 Å². The summed E-state index contributed by atoms with van der Waals surface area (Å²) in [6.07, 6.45) is -1.37. The Bertz CT molecular complexity index is 2140. The molecule has 0 aliphatic carbocycles. The van der Waals surface area contributed by atoms with E-state index in [2.05, 4.69) is 15.0 Å². The first-order chi connectivity index (χ1) is 26.3. The summed E-state index contributed by atoms with van der Waals surface area (Å²) in [6, 6.07) is 31.2. The van der Waals surface area contributed by atoms with E-state index < -0.39 is 35.1 Å². The number of nitrogens with zero attached hydrogens (tertiary/aromatic N) is 5. The first kappa shape index (κ1) is 36.4. The van der Waals surface area contributed by atoms with E-state index in [9.17, 15) is 15.2 Å². The number of nitrogen functional groups attached to an aromatic ring is 1. The topological polar surface area (TPSA) is 188 Å². The maximum absolute atomic E-state index is 11.9. The van der Waals surface area contributed by atoms with Crippen molar-refractivity contribution in [3.05, 3.63) is 148 Å². The number of ether oxygens (including phenoxy) is 6. The Labute approximate surface area is 310 Å². The normalized spacial score (nSPS) is 18.5. The van der Waals surface area contributed by atoms with Crippen molar-refractivity contribution >= 4 is 22.7 Å². The monoisotopic (exact) mass is 734 g/mol. The van der Waals surface area contributed by atoms with Gasteiger partial charge in [0.15, 0.2) is 17.7 Å². The van der Waals surface area contributed by atoms with Crippen LogP contribution >= 0.6 is 0 Å². The number of imidazole rings is 1. The van der Waals surface area contributed by atoms with Crippen molar-refractivity contribution in [1.29, 1.82) is 0 Å². The molecule has 15 nitrogen and oxygen atoms in total. The number of anilines is 1. The second kappa shape index (κ2) is 16.0. The lowest BCUT2D eigenvalue weighted by Crippen LogP contribution is -2.40. The second-order valence-corrected chi connectivity index (χ2v) is 12.4. The average Bonchev–Trinajstić information content (AvgIpc) is 3.78. The van der Waals surface area contributed by atoms with E-state index in [1.807, 2.05) is 78.9 Å². The van der Waals surface area contributed by atoms with Gasteiger partial charge < -0.3 is 39.3 Å². The number of rotatable bonds is 15. The molecule has 7 rings (SSSR count). The molecule has 1 saturated heterocycles. The summed E-state index contributed by atoms with van der Waals surface area (Å²) in [4.78, 5) is 23.9. The molecule has 4 aromatic carbocycles. The SMILES string of the molecule is COc1ccc(C(OC[C@H]2O[C@@H](n3cnc4c(N)ncnc43)[C@H](OCOCc3ccccc3[N+](=O)[O-])[C@@H]2O)(c2ccccc2)c2ccc(OC)cc2)cc1. The van der Waals surface area contributed by atoms with Gasteiger partial charge >= 0.3 is 0 Å². The number of benzene rings is 4. The predicted molar refractivity (Wildman–Crippen MR) is 196 cm³/mol. The van der Waals surface area contributed by atoms with Crippen LogP contribution in [0.15, 0.2) is 116 Å². The third-order valence-corrected chi connectivity index (χ3v) is 9.40. The van der Waals surface area contributed by atoms with Gasteiger partial charge in [0, 0.05) is 6.07 Å². The summed E-state index contributed by atoms with van der Waals surface area (Å²) >= 11 is 0. The van der Waals surface area contributed by atoms with E-state index >= 15 is 0 Å². The third-order valence-electron chi connectivity index (χ3n) is 9.40. The van der Waals surface area contributed by atoms with Crippen molar-refractivity contribution in [2.45, 2.75) is 36.7 Å². The molecule has 1 fully saturated rings. The van der Waals surface area contributed by atoms with E-state index in [-0.39, 0.29) is 31.5 Å². The molecular weight excluding hydrogens is 696 g/mol. The van der Waals surface area contributed by atoms with Gasteiger partial charge in [-0.05, 0) is 47.0 Å². The van der Waals surface area contributed by atoms with Gasteiger partial charge in [0.05, 0.1) is 44.2 Å². The summed E-state index contributed by atoms with van der Waals surface area (Å²) in [7, 11) is 3.21. The van der Waals surface area contributed by atoms with Gasteiger partial charge in [-0.1, -0.05) is 66.7 Å². The molecule has 54 heavy (non-hydrogen) atoms. The number of aliphatic hydroxyl groups is 1. The molecule has 3 heterocycles. The van der Waals surface area contributed by atoms with Gasteiger partial charge in [-0.25, -0.2) is 15.0 Å². The molecule has 0 unspecified atom stereocenters. The van der Waals surface area contributed by atoms with Crippen LogP contribution < -0.4 is 15.2 Å². The van der Waals surface area contributed by atoms with Crippen molar-refractivity contribution in [1.82, 2.24) is 19.5 Å². The fraction of sp³-hybridized carbons (Fsp3) is 0.256. The summed E-state index contributed by atoms with van der Waals surface area (Å²) in [5.41, 5.74) is 8.35. The first-order valence-corrected chi connectivity index (χ1v) is 17.0. The molecule has 6 aromatic rings. The van der Waals surface area contributed by atoms with Crippen LogP contribution in [-0.4, -0.2) is 75.5 Å². The number of hydrogen-bond acceptors (Lipinski definition) is 13. The van der Waals surface area contributed by atoms with Crippen LogP contribution in [0, 0.1) is 10.1 Å². The van der Waals surface area contributed by atoms with Gasteiger partial charge in [0.2, 0.25) is 0 Å². The molecule has 1 aliphatic rings. The number of nitro groups is 1. The number of hydrogen-bond donors (Lipinski definition) is 2. The zero-order valence-electron chi connectivity index (χ0n) is 29.4. The van der Waals surface area contributed by atoms with E-state index in [4.69, 9.17) is 34.2 Å². The zero-order chi connectivity index (χ0) is 37.7. The molecule has 2 aromatic heterocycles. The van der Waals surface area contributed by atoms with E-state index in [0.717, 1.165) is 16.7 Å². The minimum absolute atomic E-state index is 0.0744. The highest BCUT2D eigenvalue weighted by Crippen LogP contribution is 2.43. The highest BCUT2D eigenvalue weighted by Gasteiger charge is 2.48. The number of fused-ring (bicyclic) bond motifs is 1. The van der Waals surface area contributed by atoms with Gasteiger partial charge in [0.25, 0.3) is 5.69 Å². The van der Waals surface area contributed by atoms with Crippen molar-refractivity contribution in [2.75, 3.05) is 33.4 Å². The lowest BCUT2D eigenvalue weighted by atomic mass is 9.80. The fourth-order valence-corrected chi connectivity index (χ4v) is 6.69. The van der Waals surface area contributed by atoms with Crippen LogP contribution in [0.25, 0.3) is 11.2 Å². The number of para-hydroxylation sites is 1. The highest BCUT2D eigenvalue weighted by molar-refractivity contribution is 5.81. The van der Waals surface area contributed by atoms with E-state index in [1.165, 1.54) is 18.7 Å². The Balaban J connectivity index is 1.22. The first-order valence-electron chi connectivity index (χ1n) is 17.0. The van der Waals surface area contributed by atoms with Crippen LogP contribution in [0.3, 0.4) is 0 Å². The van der Waals surface area contributed by atoms with Crippen molar-refractivity contribution in [3.8, 4) is 11.5 Å². The summed E-state index contributed by atoms with van der Waals surface area (Å²) in [5, 5.41) is 23.5. The summed E-state index contributed by atoms with van der Waals surface area (Å²) < 4.78 is 38.0. The van der Waals surface area contributed by atoms with Crippen molar-refractivity contribution in [3.63, 3.8) is 0 Å². The Kier molecular flexibility index (Phi) is 10.8. The zero-order valence-corrected chi connectivity index (χ0v) is 29.4. The minimum Gasteiger partial charge on any atom is -0.497 e. The van der Waals surface area contributed by atoms with Gasteiger partial charge in [0.1, 0.15) is 54.0 Å². The van der Waals surface area contributed by atoms with Crippen LogP contribution in [0.1, 0.15) is 28.5 Å². The lowest BCUT2D eigenvalue weighted by Gasteiger charge is -2.37. The Hall–Kier alpha value is -5.97. The predicted octanol–water partition coefficient (Wildman–Crippen LogP) is 5.16. The lowest BCUT2D eigenvalue weighted by molar-refractivity contribution is -0.386. The number of nitrogens with two attached hydrogens (primary N) is 1. The molecule has 1 aliphatic heterocycles. The molecule has 0 spiro atoms. The van der Waals surface area contributed by atoms with Crippen molar-refractivity contribution in [2.24, 2.45) is 0 Å². The smallest absolute Gasteiger partial charge is 0.274 e. The largest absolute Gasteiger partial charge is 0.497 e. The van der Waals surface area contributed by atoms with E-state index in [0.29, 0.717) is 28.2 Å². The average molecular weight is 735 g/mol. The summed E-state index contributed by atoms with van der Waals surface area (Å²) in [5.74, 6) is 1.52. The van der Waals surface area contributed by atoms with Crippen molar-refractivity contribution < 1.29 is 38.5 Å². The molecule has 4 atom stereocenters. The molecule has 0 radical (unpaired) electrons. The highest BCUT2D eigenvalue weighted by atomic mass is 16.7. The molecule has 0 amide bonds. The minimum atomic E-state index is -1.25. The molecule has 0 saturated carbocycles. The van der Waals surface area contributed by atoms with Gasteiger partial charge in [-0.2, -0.15) is 0 Å². The van der Waals surface area contributed by atoms with E-state index in [1.54, 1.807) is 37.0 Å². The van der Waals surface area contributed by atoms with Crippen LogP contribution in [0.5, 0.6) is 11.5 Å². The fourth-order valence-electron chi connectivity index (χ4n) is 6.69. The molecular formula is C39H38N6O9. The molecule has 3 N–H and O–H groups in total. The Morgan fingerprint density at radius 3 is 2.15 bits per heavy atom. The third kappa shape index (κ3) is 7.05. The van der Waals surface area contributed by atoms with Crippen LogP contribution in [0.2, 0.25) is 0 Å². The maximum atomic E-state index is 11.9. The number of aromatic nitrogens is 4. The molecule has 278 valence electrons. The summed E-state index contributed by atoms with van der Waals surface area (Å²) in [6.45, 7) is -0.527. The number of aliphatic hydroxyl groups excluding tert-OH is 1. The molecule has 15 heteroatoms. The number of methoxy groups -OCH3 is 2. The van der Waals surface area contributed by atoms with Crippen LogP contribution in [-0.2, 0) is 31.2 Å². The molecule has 0 bridgehead atoms. The number of nitro benzene ring substituents is 1. The standard InChI is InChI=1S/C39H38N6O9/c1-49-29-16-12-27(13-17-29)39(26-9-4-3-5-10-26,28-14-18-30(50-2)19-15-28)53-21-32-34(46)35(52-24-51-20-25-8-6-7-11-31(25)45(47)48)38(54-32)44-23-43-33-36(40)41-22-42-37(33)44/h3-19,22-23,32,34-35,38,46H,20-21,24H2,1-2H3,(H2,40,41,42)/t32-,34-,35-,38-/m1/s1. The Morgan fingerprint density at radius 2 is 1.50 bits per heavy atom. The van der Waals surface area contributed by atoms with Gasteiger partial charge in [-0.15, -0.1) is 0 Å².